The van der Waals surface area contributed by atoms with Crippen molar-refractivity contribution in [3.63, 3.8) is 0 Å². The Morgan fingerprint density at radius 3 is 2.37 bits per heavy atom. The number of non-ortho nitro benzene ring substituents is 1. The van der Waals surface area contributed by atoms with Gasteiger partial charge in [-0.3, -0.25) is 19.8 Å². The van der Waals surface area contributed by atoms with Crippen LogP contribution in [0.25, 0.3) is 6.08 Å². The monoisotopic (exact) mass is 699 g/mol. The minimum absolute atomic E-state index is 0.00536. The van der Waals surface area contributed by atoms with Gasteiger partial charge in [-0.15, -0.1) is 0 Å². The summed E-state index contributed by atoms with van der Waals surface area (Å²) in [5.41, 5.74) is 2.11. The molecule has 35 heavy (non-hydrogen) atoms. The molecule has 1 fully saturated rings. The third-order valence-corrected chi connectivity index (χ3v) is 6.66. The smallest absolute Gasteiger partial charge is 0.329 e. The Hall–Kier alpha value is -3.07. The van der Waals surface area contributed by atoms with Crippen LogP contribution in [0.2, 0.25) is 0 Å². The average molecular weight is 699 g/mol. The number of hydrogen-bond donors (Lipinski definition) is 1. The minimum atomic E-state index is -0.549. The second-order valence-corrected chi connectivity index (χ2v) is 9.86. The molecule has 0 radical (unpaired) electrons. The van der Waals surface area contributed by atoms with Crippen molar-refractivity contribution in [1.82, 2.24) is 10.2 Å². The Kier molecular flexibility index (Phi) is 7.64. The van der Waals surface area contributed by atoms with Gasteiger partial charge in [-0.2, -0.15) is 0 Å². The molecule has 0 aliphatic carbocycles. The van der Waals surface area contributed by atoms with Gasteiger partial charge in [0.25, 0.3) is 11.6 Å². The molecule has 1 aliphatic heterocycles. The number of nitro benzene ring substituents is 1. The van der Waals surface area contributed by atoms with Crippen LogP contribution in [-0.4, -0.2) is 21.8 Å². The number of urea groups is 1. The first-order valence-corrected chi connectivity index (χ1v) is 12.3. The van der Waals surface area contributed by atoms with E-state index in [0.717, 1.165) is 12.0 Å². The molecule has 11 heteroatoms. The van der Waals surface area contributed by atoms with Gasteiger partial charge in [0.2, 0.25) is 0 Å². The number of hydrogen-bond acceptors (Lipinski definition) is 5. The number of amides is 3. The van der Waals surface area contributed by atoms with Gasteiger partial charge in [0.15, 0.2) is 0 Å². The maximum absolute atomic E-state index is 13.1. The molecule has 178 valence electrons. The topological polar surface area (TPSA) is 102 Å². The highest BCUT2D eigenvalue weighted by molar-refractivity contribution is 14.1. The van der Waals surface area contributed by atoms with Gasteiger partial charge >= 0.3 is 6.03 Å². The number of ether oxygens (including phenoxy) is 1. The summed E-state index contributed by atoms with van der Waals surface area (Å²) < 4.78 is 20.6. The number of benzene rings is 3. The van der Waals surface area contributed by atoms with Gasteiger partial charge in [0.05, 0.1) is 18.6 Å². The molecule has 0 spiro atoms. The summed E-state index contributed by atoms with van der Waals surface area (Å²) in [6.45, 7) is 0.183. The number of nitrogens with zero attached hydrogens (tertiary/aromatic N) is 2. The first kappa shape index (κ1) is 25.0. The van der Waals surface area contributed by atoms with Crippen LogP contribution in [0.15, 0.2) is 66.4 Å². The van der Waals surface area contributed by atoms with Crippen molar-refractivity contribution < 1.29 is 23.6 Å². The largest absolute Gasteiger partial charge is 0.487 e. The number of imide groups is 1. The maximum atomic E-state index is 13.1. The van der Waals surface area contributed by atoms with Crippen molar-refractivity contribution in [2.45, 2.75) is 13.2 Å². The lowest BCUT2D eigenvalue weighted by Gasteiger charge is -2.12. The summed E-state index contributed by atoms with van der Waals surface area (Å²) in [5.74, 6) is -0.261. The summed E-state index contributed by atoms with van der Waals surface area (Å²) in [6, 6.07) is 14.9. The zero-order valence-corrected chi connectivity index (χ0v) is 22.1. The van der Waals surface area contributed by atoms with Crippen LogP contribution in [0.3, 0.4) is 0 Å². The van der Waals surface area contributed by atoms with Gasteiger partial charge in [0.1, 0.15) is 23.9 Å². The Morgan fingerprint density at radius 1 is 1.03 bits per heavy atom. The van der Waals surface area contributed by atoms with Crippen molar-refractivity contribution >= 4 is 68.9 Å². The molecule has 0 bridgehead atoms. The summed E-state index contributed by atoms with van der Waals surface area (Å²) in [5, 5.41) is 13.6. The molecule has 1 saturated heterocycles. The lowest BCUT2D eigenvalue weighted by atomic mass is 10.1. The van der Waals surface area contributed by atoms with E-state index in [1.165, 1.54) is 36.4 Å². The molecular formula is C24H16FI2N3O5. The molecule has 0 saturated carbocycles. The molecule has 3 amide bonds. The Bertz CT molecular complexity index is 1340. The normalized spacial score (nSPS) is 14.4. The molecule has 3 aromatic carbocycles. The predicted octanol–water partition coefficient (Wildman–Crippen LogP) is 5.62. The van der Waals surface area contributed by atoms with E-state index in [0.29, 0.717) is 22.4 Å². The quantitative estimate of drug-likeness (QED) is 0.114. The summed E-state index contributed by atoms with van der Waals surface area (Å²) >= 11 is 4.22. The van der Waals surface area contributed by atoms with Gasteiger partial charge in [-0.25, -0.2) is 9.18 Å². The highest BCUT2D eigenvalue weighted by Gasteiger charge is 2.33. The molecule has 1 aliphatic rings. The highest BCUT2D eigenvalue weighted by atomic mass is 127. The summed E-state index contributed by atoms with van der Waals surface area (Å²) in [7, 11) is 0. The first-order chi connectivity index (χ1) is 16.7. The Labute approximate surface area is 226 Å². The minimum Gasteiger partial charge on any atom is -0.487 e. The van der Waals surface area contributed by atoms with Crippen LogP contribution in [0.5, 0.6) is 5.75 Å². The Balaban J connectivity index is 1.49. The second kappa shape index (κ2) is 10.7. The fraction of sp³-hybridized carbons (Fsp3) is 0.0833. The van der Waals surface area contributed by atoms with E-state index in [1.807, 2.05) is 0 Å². The van der Waals surface area contributed by atoms with E-state index in [4.69, 9.17) is 4.74 Å². The summed E-state index contributed by atoms with van der Waals surface area (Å²) in [4.78, 5) is 36.7. The number of rotatable bonds is 7. The fourth-order valence-electron chi connectivity index (χ4n) is 3.37. The number of nitrogens with one attached hydrogen (secondary N) is 1. The maximum Gasteiger partial charge on any atom is 0.329 e. The van der Waals surface area contributed by atoms with Crippen molar-refractivity contribution in [2.75, 3.05) is 0 Å². The van der Waals surface area contributed by atoms with Crippen molar-refractivity contribution in [2.24, 2.45) is 0 Å². The lowest BCUT2D eigenvalue weighted by molar-refractivity contribution is -0.384. The zero-order valence-electron chi connectivity index (χ0n) is 17.8. The summed E-state index contributed by atoms with van der Waals surface area (Å²) in [6.07, 6.45) is 1.58. The van der Waals surface area contributed by atoms with E-state index < -0.39 is 22.7 Å². The number of halogens is 3. The number of carbonyl (C=O) groups is 2. The van der Waals surface area contributed by atoms with Crippen LogP contribution < -0.4 is 10.1 Å². The van der Waals surface area contributed by atoms with Gasteiger partial charge in [-0.1, -0.05) is 24.3 Å². The molecular weight excluding hydrogens is 683 g/mol. The van der Waals surface area contributed by atoms with E-state index in [-0.39, 0.29) is 24.5 Å². The van der Waals surface area contributed by atoms with Crippen LogP contribution in [0, 0.1) is 23.1 Å². The van der Waals surface area contributed by atoms with E-state index in [2.05, 4.69) is 50.5 Å². The zero-order chi connectivity index (χ0) is 25.1. The predicted molar refractivity (Wildman–Crippen MR) is 143 cm³/mol. The standard InChI is InChI=1S/C24H16FI2N3O5/c25-17-6-4-14(5-7-17)12-29-23(31)21(28-24(29)32)11-16-9-19(26)22(20(27)10-16)35-13-15-2-1-3-18(8-15)30(33)34/h1-11H,12-13H2,(H,28,32)/b21-11+. The second-order valence-electron chi connectivity index (χ2n) is 7.54. The SMILES string of the molecule is O=C1N/C(=C/c2cc(I)c(OCc3cccc([N+](=O)[O-])c3)c(I)c2)C(=O)N1Cc1ccc(F)cc1. The Morgan fingerprint density at radius 2 is 1.71 bits per heavy atom. The van der Waals surface area contributed by atoms with Crippen molar-refractivity contribution in [3.8, 4) is 5.75 Å². The van der Waals surface area contributed by atoms with Crippen LogP contribution in [0.1, 0.15) is 16.7 Å². The first-order valence-electron chi connectivity index (χ1n) is 10.2. The average Bonchev–Trinajstić information content (AvgIpc) is 3.07. The number of nitro groups is 1. The molecule has 8 nitrogen and oxygen atoms in total. The molecule has 4 rings (SSSR count). The fourth-order valence-corrected chi connectivity index (χ4v) is 5.50. The molecule has 1 heterocycles. The molecule has 1 N–H and O–H groups in total. The van der Waals surface area contributed by atoms with Gasteiger partial charge < -0.3 is 10.1 Å². The van der Waals surface area contributed by atoms with Crippen molar-refractivity contribution in [3.05, 3.63) is 106 Å². The molecule has 0 atom stereocenters. The van der Waals surface area contributed by atoms with Crippen LogP contribution in [-0.2, 0) is 17.9 Å². The lowest BCUT2D eigenvalue weighted by Crippen LogP contribution is -2.30. The van der Waals surface area contributed by atoms with Crippen molar-refractivity contribution in [1.29, 1.82) is 0 Å². The third-order valence-electron chi connectivity index (χ3n) is 5.05. The van der Waals surface area contributed by atoms with E-state index in [9.17, 15) is 24.1 Å². The van der Waals surface area contributed by atoms with Crippen LogP contribution >= 0.6 is 45.2 Å². The van der Waals surface area contributed by atoms with Crippen LogP contribution in [0.4, 0.5) is 14.9 Å². The van der Waals surface area contributed by atoms with E-state index >= 15 is 0 Å². The van der Waals surface area contributed by atoms with Gasteiger partial charge in [0, 0.05) is 12.1 Å². The number of carbonyl (C=O) groups excluding carboxylic acids is 2. The third kappa shape index (κ3) is 5.96. The molecule has 0 unspecified atom stereocenters. The van der Waals surface area contributed by atoms with Gasteiger partial charge in [-0.05, 0) is 92.2 Å². The molecule has 0 aromatic heterocycles. The van der Waals surface area contributed by atoms with E-state index in [1.54, 1.807) is 30.3 Å². The molecule has 3 aromatic rings. The highest BCUT2D eigenvalue weighted by Crippen LogP contribution is 2.31.